The van der Waals surface area contributed by atoms with Crippen LogP contribution in [0.2, 0.25) is 0 Å². The van der Waals surface area contributed by atoms with Crippen LogP contribution in [0, 0.1) is 0 Å². The molecule has 0 aliphatic carbocycles. The maximum absolute atomic E-state index is 12.3. The fourth-order valence-electron chi connectivity index (χ4n) is 2.03. The van der Waals surface area contributed by atoms with E-state index >= 15 is 0 Å². The third-order valence-electron chi connectivity index (χ3n) is 2.98. The second-order valence-electron chi connectivity index (χ2n) is 4.70. The van der Waals surface area contributed by atoms with Crippen LogP contribution in [0.1, 0.15) is 39.5 Å². The molecule has 1 saturated heterocycles. The van der Waals surface area contributed by atoms with Crippen LogP contribution in [0.15, 0.2) is 11.9 Å². The average molecular weight is 322 g/mol. The lowest BCUT2D eigenvalue weighted by Crippen LogP contribution is -2.27. The summed E-state index contributed by atoms with van der Waals surface area (Å²) < 4.78 is 34.0. The van der Waals surface area contributed by atoms with E-state index in [1.165, 1.54) is 5.82 Å². The van der Waals surface area contributed by atoms with Crippen LogP contribution in [0.4, 0.5) is 0 Å². The monoisotopic (exact) mass is 322 g/mol. The number of hydrogen-bond donors (Lipinski definition) is 1. The van der Waals surface area contributed by atoms with Crippen LogP contribution < -0.4 is 0 Å². The van der Waals surface area contributed by atoms with Crippen molar-refractivity contribution in [2.24, 2.45) is 0 Å². The Morgan fingerprint density at radius 3 is 2.57 bits per heavy atom. The van der Waals surface area contributed by atoms with E-state index in [4.69, 9.17) is 23.6 Å². The molecule has 1 heterocycles. The molecule has 0 aromatic carbocycles. The first-order valence-corrected chi connectivity index (χ1v) is 9.20. The zero-order valence-corrected chi connectivity index (χ0v) is 13.8. The maximum atomic E-state index is 12.3. The Balaban J connectivity index is 2.61. The molecule has 0 amide bonds. The van der Waals surface area contributed by atoms with Gasteiger partial charge in [-0.25, -0.2) is 0 Å². The predicted molar refractivity (Wildman–Crippen MR) is 80.2 cm³/mol. The zero-order chi connectivity index (χ0) is 15.6. The molecule has 0 aromatic heterocycles. The van der Waals surface area contributed by atoms with Crippen molar-refractivity contribution in [3.8, 4) is 0 Å². The summed E-state index contributed by atoms with van der Waals surface area (Å²) in [6.07, 6.45) is 4.37. The smallest absolute Gasteiger partial charge is 0.353 e. The lowest BCUT2D eigenvalue weighted by atomic mass is 10.2. The highest BCUT2D eigenvalue weighted by Gasteiger charge is 2.22. The van der Waals surface area contributed by atoms with E-state index in [0.717, 1.165) is 19.3 Å². The number of hydrogen-bond acceptors (Lipinski definition) is 6. The summed E-state index contributed by atoms with van der Waals surface area (Å²) in [4.78, 5) is 0. The van der Waals surface area contributed by atoms with Gasteiger partial charge in [0.15, 0.2) is 6.29 Å². The van der Waals surface area contributed by atoms with Crippen LogP contribution >= 0.6 is 7.60 Å². The number of aliphatic hydroxyl groups is 1. The first kappa shape index (κ1) is 18.8. The van der Waals surface area contributed by atoms with Crippen molar-refractivity contribution in [3.63, 3.8) is 0 Å². The molecule has 1 rings (SSSR count). The third kappa shape index (κ3) is 7.54. The van der Waals surface area contributed by atoms with Crippen molar-refractivity contribution < 1.29 is 28.2 Å². The van der Waals surface area contributed by atoms with E-state index in [1.807, 2.05) is 0 Å². The summed E-state index contributed by atoms with van der Waals surface area (Å²) in [5, 5.41) is 9.12. The molecule has 0 saturated carbocycles. The van der Waals surface area contributed by atoms with Crippen molar-refractivity contribution in [2.45, 2.75) is 51.9 Å². The van der Waals surface area contributed by atoms with E-state index in [9.17, 15) is 4.57 Å². The van der Waals surface area contributed by atoms with Gasteiger partial charge in [0.25, 0.3) is 0 Å². The minimum atomic E-state index is -3.23. The van der Waals surface area contributed by atoms with Crippen molar-refractivity contribution in [2.75, 3.05) is 26.4 Å². The molecule has 0 spiro atoms. The van der Waals surface area contributed by atoms with Gasteiger partial charge in [0.2, 0.25) is 0 Å². The quantitative estimate of drug-likeness (QED) is 0.623. The zero-order valence-electron chi connectivity index (χ0n) is 12.9. The average Bonchev–Trinajstić information content (AvgIpc) is 2.47. The molecule has 124 valence electrons. The van der Waals surface area contributed by atoms with Gasteiger partial charge in [0, 0.05) is 25.5 Å². The van der Waals surface area contributed by atoms with Crippen molar-refractivity contribution in [1.82, 2.24) is 0 Å². The largest absolute Gasteiger partial charge is 0.396 e. The topological polar surface area (TPSA) is 74.2 Å². The van der Waals surface area contributed by atoms with Gasteiger partial charge in [-0.15, -0.1) is 0 Å². The summed E-state index contributed by atoms with van der Waals surface area (Å²) in [6, 6.07) is 0. The van der Waals surface area contributed by atoms with Crippen LogP contribution in [0.3, 0.4) is 0 Å². The van der Waals surface area contributed by atoms with E-state index < -0.39 is 7.60 Å². The molecule has 0 bridgehead atoms. The molecular formula is C14H27O6P. The molecule has 0 unspecified atom stereocenters. The second-order valence-corrected chi connectivity index (χ2v) is 6.59. The molecule has 1 fully saturated rings. The fraction of sp³-hybridized carbons (Fsp3) is 0.857. The number of rotatable bonds is 10. The van der Waals surface area contributed by atoms with Crippen LogP contribution in [-0.4, -0.2) is 43.9 Å². The van der Waals surface area contributed by atoms with Crippen molar-refractivity contribution in [1.29, 1.82) is 0 Å². The Morgan fingerprint density at radius 1 is 1.33 bits per heavy atom. The molecule has 6 nitrogen and oxygen atoms in total. The molecule has 0 aromatic rings. The number of ether oxygens (including phenoxy) is 2. The van der Waals surface area contributed by atoms with Crippen molar-refractivity contribution >= 4 is 7.60 Å². The third-order valence-corrected chi connectivity index (χ3v) is 4.75. The molecule has 1 aliphatic rings. The highest BCUT2D eigenvalue weighted by Crippen LogP contribution is 2.49. The van der Waals surface area contributed by atoms with Gasteiger partial charge < -0.3 is 23.6 Å². The Kier molecular flexibility index (Phi) is 9.40. The Bertz CT molecular complexity index is 330. The molecule has 2 atom stereocenters. The lowest BCUT2D eigenvalue weighted by molar-refractivity contribution is -0.180. The van der Waals surface area contributed by atoms with Crippen LogP contribution in [0.5, 0.6) is 0 Å². The summed E-state index contributed by atoms with van der Waals surface area (Å²) in [6.45, 7) is 4.80. The standard InChI is InChI=1S/C14H27O6P/c1-3-18-21(16,19-4-2)12-9-13(8-10-15)20-14-7-5-6-11-17-14/h9,12-15H,3-8,10-11H2,1-2H3/b12-9+/t13-,14+/m0/s1. The van der Waals surface area contributed by atoms with Gasteiger partial charge in [-0.1, -0.05) is 0 Å². The predicted octanol–water partition coefficient (Wildman–Crippen LogP) is 3.06. The van der Waals surface area contributed by atoms with Crippen molar-refractivity contribution in [3.05, 3.63) is 11.9 Å². The minimum absolute atomic E-state index is 0.0186. The normalized spacial score (nSPS) is 21.8. The summed E-state index contributed by atoms with van der Waals surface area (Å²) in [5.41, 5.74) is 0. The highest BCUT2D eigenvalue weighted by atomic mass is 31.2. The first-order chi connectivity index (χ1) is 10.1. The Morgan fingerprint density at radius 2 is 2.05 bits per heavy atom. The highest BCUT2D eigenvalue weighted by molar-refractivity contribution is 7.57. The van der Waals surface area contributed by atoms with E-state index in [0.29, 0.717) is 26.2 Å². The summed E-state index contributed by atoms with van der Waals surface area (Å²) >= 11 is 0. The molecule has 1 aliphatic heterocycles. The first-order valence-electron chi connectivity index (χ1n) is 7.59. The SMILES string of the molecule is CCOP(=O)(/C=C/[C@H](CCO)O[C@@H]1CCCCO1)OCC. The maximum Gasteiger partial charge on any atom is 0.353 e. The van der Waals surface area contributed by atoms with Gasteiger partial charge in [-0.3, -0.25) is 4.57 Å². The minimum Gasteiger partial charge on any atom is -0.396 e. The van der Waals surface area contributed by atoms with Gasteiger partial charge in [-0.05, 0) is 39.2 Å². The van der Waals surface area contributed by atoms with E-state index in [1.54, 1.807) is 19.9 Å². The summed E-state index contributed by atoms with van der Waals surface area (Å²) in [5.74, 6) is 1.42. The van der Waals surface area contributed by atoms with Gasteiger partial charge in [-0.2, -0.15) is 0 Å². The van der Waals surface area contributed by atoms with E-state index in [-0.39, 0.29) is 19.0 Å². The fourth-order valence-corrected chi connectivity index (χ4v) is 3.40. The lowest BCUT2D eigenvalue weighted by Gasteiger charge is -2.26. The molecular weight excluding hydrogens is 295 g/mol. The van der Waals surface area contributed by atoms with Crippen LogP contribution in [-0.2, 0) is 23.1 Å². The Hall–Kier alpha value is -0.230. The summed E-state index contributed by atoms with van der Waals surface area (Å²) in [7, 11) is -3.23. The van der Waals surface area contributed by atoms with Gasteiger partial charge in [0.05, 0.1) is 19.3 Å². The number of aliphatic hydroxyl groups excluding tert-OH is 1. The Labute approximate surface area is 126 Å². The molecule has 7 heteroatoms. The van der Waals surface area contributed by atoms with Gasteiger partial charge >= 0.3 is 7.60 Å². The molecule has 0 radical (unpaired) electrons. The van der Waals surface area contributed by atoms with E-state index in [2.05, 4.69) is 0 Å². The second kappa shape index (κ2) is 10.5. The molecule has 1 N–H and O–H groups in total. The van der Waals surface area contributed by atoms with Gasteiger partial charge in [0.1, 0.15) is 0 Å². The molecule has 21 heavy (non-hydrogen) atoms. The van der Waals surface area contributed by atoms with Crippen LogP contribution in [0.25, 0.3) is 0 Å².